The maximum absolute atomic E-state index is 8.87. The summed E-state index contributed by atoms with van der Waals surface area (Å²) in [5.74, 6) is 0. The van der Waals surface area contributed by atoms with Gasteiger partial charge in [-0.15, -0.1) is 0 Å². The highest BCUT2D eigenvalue weighted by molar-refractivity contribution is 6.87. The lowest BCUT2D eigenvalue weighted by molar-refractivity contribution is -0.0103. The zero-order valence-electron chi connectivity index (χ0n) is 16.4. The standard InChI is InChI=1S/C15H38O5Si3/c1-15(14-16)18-12-11-17-10-9-13-23(8,19-21(2,3)4)20-22(5,6)7/h15-16H,9-14H2,1-8H3. The molecule has 0 fully saturated rings. The van der Waals surface area contributed by atoms with E-state index < -0.39 is 25.2 Å². The van der Waals surface area contributed by atoms with E-state index in [1.54, 1.807) is 0 Å². The molecule has 0 spiro atoms. The first kappa shape index (κ1) is 23.5. The largest absolute Gasteiger partial charge is 0.437 e. The first-order valence-electron chi connectivity index (χ1n) is 8.57. The molecule has 0 aromatic rings. The second-order valence-corrected chi connectivity index (χ2v) is 21.0. The van der Waals surface area contributed by atoms with E-state index in [-0.39, 0.29) is 12.7 Å². The Morgan fingerprint density at radius 2 is 1.35 bits per heavy atom. The Bertz CT molecular complexity index is 299. The van der Waals surface area contributed by atoms with E-state index in [0.29, 0.717) is 19.8 Å². The molecule has 5 nitrogen and oxygen atoms in total. The van der Waals surface area contributed by atoms with Crippen LogP contribution in [0.25, 0.3) is 0 Å². The van der Waals surface area contributed by atoms with Crippen molar-refractivity contribution in [2.75, 3.05) is 26.4 Å². The SMILES string of the molecule is CC(CO)OCCOCCC[Si](C)(O[Si](C)(C)C)O[Si](C)(C)C. The van der Waals surface area contributed by atoms with Crippen molar-refractivity contribution < 1.29 is 22.8 Å². The van der Waals surface area contributed by atoms with Crippen molar-refractivity contribution in [1.82, 2.24) is 0 Å². The molecule has 0 saturated heterocycles. The van der Waals surface area contributed by atoms with Gasteiger partial charge in [-0.1, -0.05) is 0 Å². The van der Waals surface area contributed by atoms with E-state index in [1.807, 2.05) is 6.92 Å². The van der Waals surface area contributed by atoms with Crippen LogP contribution in [0.3, 0.4) is 0 Å². The Morgan fingerprint density at radius 3 is 1.78 bits per heavy atom. The van der Waals surface area contributed by atoms with Crippen molar-refractivity contribution in [2.45, 2.75) is 71.3 Å². The summed E-state index contributed by atoms with van der Waals surface area (Å²) in [7, 11) is -5.37. The predicted molar refractivity (Wildman–Crippen MR) is 103 cm³/mol. The quantitative estimate of drug-likeness (QED) is 0.390. The molecule has 0 aliphatic heterocycles. The maximum atomic E-state index is 8.87. The van der Waals surface area contributed by atoms with Crippen LogP contribution in [0.4, 0.5) is 0 Å². The summed E-state index contributed by atoms with van der Waals surface area (Å²) in [4.78, 5) is 0. The number of rotatable bonds is 13. The molecule has 1 unspecified atom stereocenters. The van der Waals surface area contributed by atoms with Gasteiger partial charge in [0.1, 0.15) is 0 Å². The molecule has 0 aliphatic rings. The minimum Gasteiger partial charge on any atom is -0.437 e. The second-order valence-electron chi connectivity index (χ2n) is 8.14. The summed E-state index contributed by atoms with van der Waals surface area (Å²) >= 11 is 0. The van der Waals surface area contributed by atoms with E-state index in [2.05, 4.69) is 45.8 Å². The Labute approximate surface area is 146 Å². The van der Waals surface area contributed by atoms with Crippen molar-refractivity contribution in [3.8, 4) is 0 Å². The van der Waals surface area contributed by atoms with Crippen molar-refractivity contribution >= 4 is 25.2 Å². The van der Waals surface area contributed by atoms with E-state index in [1.165, 1.54) is 0 Å². The van der Waals surface area contributed by atoms with Crippen molar-refractivity contribution in [3.63, 3.8) is 0 Å². The van der Waals surface area contributed by atoms with Gasteiger partial charge in [-0.2, -0.15) is 0 Å². The molecule has 1 N–H and O–H groups in total. The van der Waals surface area contributed by atoms with Crippen LogP contribution in [0.15, 0.2) is 0 Å². The monoisotopic (exact) mass is 382 g/mol. The molecule has 0 bridgehead atoms. The van der Waals surface area contributed by atoms with Gasteiger partial charge in [0.15, 0.2) is 16.6 Å². The Kier molecular flexibility index (Phi) is 10.6. The molecule has 0 radical (unpaired) electrons. The molecule has 140 valence electrons. The summed E-state index contributed by atoms with van der Waals surface area (Å²) in [6.07, 6.45) is 0.831. The van der Waals surface area contributed by atoms with Crippen LogP contribution in [0.2, 0.25) is 51.9 Å². The third-order valence-electron chi connectivity index (χ3n) is 2.85. The lowest BCUT2D eigenvalue weighted by Gasteiger charge is -2.38. The molecule has 8 heteroatoms. The average molecular weight is 383 g/mol. The minimum absolute atomic E-state index is 0.0476. The van der Waals surface area contributed by atoms with Gasteiger partial charge in [0.25, 0.3) is 0 Å². The predicted octanol–water partition coefficient (Wildman–Crippen LogP) is 3.57. The highest BCUT2D eigenvalue weighted by atomic mass is 28.5. The van der Waals surface area contributed by atoms with Crippen molar-refractivity contribution in [3.05, 3.63) is 0 Å². The third-order valence-corrected chi connectivity index (χ3v) is 12.5. The number of hydrogen-bond donors (Lipinski definition) is 1. The molecule has 0 amide bonds. The van der Waals surface area contributed by atoms with E-state index in [4.69, 9.17) is 22.8 Å². The van der Waals surface area contributed by atoms with Gasteiger partial charge in [-0.05, 0) is 65.2 Å². The number of hydrogen-bond acceptors (Lipinski definition) is 5. The number of aliphatic hydroxyl groups excluding tert-OH is 1. The molecule has 0 saturated carbocycles. The van der Waals surface area contributed by atoms with Crippen LogP contribution in [0, 0.1) is 0 Å². The lowest BCUT2D eigenvalue weighted by Crippen LogP contribution is -2.52. The van der Waals surface area contributed by atoms with Crippen LogP contribution < -0.4 is 0 Å². The third kappa shape index (κ3) is 14.5. The van der Waals surface area contributed by atoms with Crippen molar-refractivity contribution in [1.29, 1.82) is 0 Å². The highest BCUT2D eigenvalue weighted by Crippen LogP contribution is 2.25. The molecule has 0 aromatic heterocycles. The first-order chi connectivity index (χ1) is 10.4. The normalized spacial score (nSPS) is 15.0. The fourth-order valence-corrected chi connectivity index (χ4v) is 14.9. The van der Waals surface area contributed by atoms with Crippen LogP contribution in [0.5, 0.6) is 0 Å². The molecule has 0 heterocycles. The van der Waals surface area contributed by atoms with Gasteiger partial charge in [-0.3, -0.25) is 0 Å². The number of aliphatic hydroxyl groups is 1. The minimum atomic E-state index is -2.13. The first-order valence-corrected chi connectivity index (χ1v) is 17.9. The van der Waals surface area contributed by atoms with Crippen LogP contribution in [-0.2, 0) is 17.7 Å². The number of ether oxygens (including phenoxy) is 2. The highest BCUT2D eigenvalue weighted by Gasteiger charge is 2.39. The van der Waals surface area contributed by atoms with Crippen LogP contribution in [0.1, 0.15) is 13.3 Å². The van der Waals surface area contributed by atoms with Gasteiger partial charge in [0, 0.05) is 6.61 Å². The second kappa shape index (κ2) is 10.4. The van der Waals surface area contributed by atoms with Crippen molar-refractivity contribution in [2.24, 2.45) is 0 Å². The molecule has 0 rings (SSSR count). The smallest absolute Gasteiger partial charge is 0.314 e. The van der Waals surface area contributed by atoms with E-state index in [0.717, 1.165) is 12.5 Å². The summed E-state index contributed by atoms with van der Waals surface area (Å²) in [6, 6.07) is 0.968. The summed E-state index contributed by atoms with van der Waals surface area (Å²) in [5, 5.41) is 8.87. The van der Waals surface area contributed by atoms with Gasteiger partial charge >= 0.3 is 8.56 Å². The Balaban J connectivity index is 4.15. The summed E-state index contributed by atoms with van der Waals surface area (Å²) in [6.45, 7) is 19.2. The molecule has 1 atom stereocenters. The van der Waals surface area contributed by atoms with Gasteiger partial charge in [0.2, 0.25) is 0 Å². The van der Waals surface area contributed by atoms with E-state index in [9.17, 15) is 0 Å². The van der Waals surface area contributed by atoms with Gasteiger partial charge in [0.05, 0.1) is 25.9 Å². The molecule has 23 heavy (non-hydrogen) atoms. The Hall–Kier alpha value is 0.451. The molecular weight excluding hydrogens is 344 g/mol. The van der Waals surface area contributed by atoms with Gasteiger partial charge in [-0.25, -0.2) is 0 Å². The molecule has 0 aliphatic carbocycles. The topological polar surface area (TPSA) is 57.2 Å². The van der Waals surface area contributed by atoms with Gasteiger partial charge < -0.3 is 22.8 Å². The summed E-state index contributed by atoms with van der Waals surface area (Å²) < 4.78 is 23.9. The maximum Gasteiger partial charge on any atom is 0.314 e. The van der Waals surface area contributed by atoms with Crippen LogP contribution in [-0.4, -0.2) is 62.8 Å². The Morgan fingerprint density at radius 1 is 0.826 bits per heavy atom. The zero-order chi connectivity index (χ0) is 18.1. The average Bonchev–Trinajstić information content (AvgIpc) is 2.32. The molecular formula is C15H38O5Si3. The fraction of sp³-hybridized carbons (Fsp3) is 1.00. The molecule has 0 aromatic carbocycles. The summed E-state index contributed by atoms with van der Waals surface area (Å²) in [5.41, 5.74) is 0. The van der Waals surface area contributed by atoms with E-state index >= 15 is 0 Å². The fourth-order valence-electron chi connectivity index (χ4n) is 2.38. The van der Waals surface area contributed by atoms with Crippen LogP contribution >= 0.6 is 0 Å². The lowest BCUT2D eigenvalue weighted by atomic mass is 10.4. The zero-order valence-corrected chi connectivity index (χ0v) is 19.4.